The van der Waals surface area contributed by atoms with Crippen LogP contribution in [0.25, 0.3) is 0 Å². The summed E-state index contributed by atoms with van der Waals surface area (Å²) in [5.41, 5.74) is 0.894. The molecule has 2 aromatic carbocycles. The lowest BCUT2D eigenvalue weighted by atomic mass is 9.97. The Kier molecular flexibility index (Phi) is 5.58. The largest absolute Gasteiger partial charge is 0.482 e. The highest BCUT2D eigenvalue weighted by Crippen LogP contribution is 2.34. The Hall–Kier alpha value is -2.38. The van der Waals surface area contributed by atoms with Gasteiger partial charge in [-0.3, -0.25) is 0 Å². The molecule has 26 heavy (non-hydrogen) atoms. The van der Waals surface area contributed by atoms with Gasteiger partial charge in [-0.2, -0.15) is 0 Å². The van der Waals surface area contributed by atoms with E-state index in [2.05, 4.69) is 10.1 Å². The summed E-state index contributed by atoms with van der Waals surface area (Å²) in [7, 11) is -2.38. The van der Waals surface area contributed by atoms with Gasteiger partial charge in [0.25, 0.3) is 0 Å². The van der Waals surface area contributed by atoms with Crippen molar-refractivity contribution in [2.45, 2.75) is 22.1 Å². The topological polar surface area (TPSA) is 81.7 Å². The Balaban J connectivity index is 1.98. The maximum atomic E-state index is 12.9. The van der Waals surface area contributed by atoms with E-state index >= 15 is 0 Å². The number of sulfone groups is 1. The van der Waals surface area contributed by atoms with Crippen molar-refractivity contribution in [2.24, 2.45) is 0 Å². The molecule has 0 radical (unpaired) electrons. The second-order valence-electron chi connectivity index (χ2n) is 6.07. The highest BCUT2D eigenvalue weighted by atomic mass is 32.2. The number of ether oxygens (including phenoxy) is 2. The van der Waals surface area contributed by atoms with Crippen LogP contribution in [0.5, 0.6) is 5.75 Å². The number of esters is 1. The van der Waals surface area contributed by atoms with Crippen molar-refractivity contribution in [3.8, 4) is 5.75 Å². The molecular formula is C19H21NO5S. The van der Waals surface area contributed by atoms with Crippen LogP contribution in [-0.2, 0) is 19.4 Å². The van der Waals surface area contributed by atoms with Gasteiger partial charge >= 0.3 is 5.97 Å². The lowest BCUT2D eigenvalue weighted by Gasteiger charge is -2.17. The summed E-state index contributed by atoms with van der Waals surface area (Å²) in [4.78, 5) is 11.8. The molecule has 0 saturated carbocycles. The monoisotopic (exact) mass is 375 g/mol. The predicted octanol–water partition coefficient (Wildman–Crippen LogP) is 2.15. The first-order valence-corrected chi connectivity index (χ1v) is 9.85. The van der Waals surface area contributed by atoms with Gasteiger partial charge in [0.1, 0.15) is 5.75 Å². The number of hydrogen-bond donors (Lipinski definition) is 1. The number of benzene rings is 2. The molecule has 0 aliphatic carbocycles. The molecule has 6 nitrogen and oxygen atoms in total. The van der Waals surface area contributed by atoms with Crippen molar-refractivity contribution < 1.29 is 22.7 Å². The van der Waals surface area contributed by atoms with Crippen molar-refractivity contribution in [3.63, 3.8) is 0 Å². The lowest BCUT2D eigenvalue weighted by Crippen LogP contribution is -2.15. The maximum Gasteiger partial charge on any atom is 0.343 e. The van der Waals surface area contributed by atoms with E-state index in [4.69, 9.17) is 4.74 Å². The maximum absolute atomic E-state index is 12.9. The summed E-state index contributed by atoms with van der Waals surface area (Å²) < 4.78 is 35.9. The summed E-state index contributed by atoms with van der Waals surface area (Å²) in [5.74, 6) is 0.106. The van der Waals surface area contributed by atoms with Gasteiger partial charge in [0.05, 0.1) is 16.9 Å². The standard InChI is InChI=1S/C19H21NO5S/c1-24-19(21)13-25-18-11-16(7-8-17(18)14-9-10-20-12-14)26(22,23)15-5-3-2-4-6-15/h2-8,11,14,20H,9-10,12-13H2,1H3. The van der Waals surface area contributed by atoms with Crippen LogP contribution in [0.1, 0.15) is 17.9 Å². The molecule has 1 atom stereocenters. The summed E-state index contributed by atoms with van der Waals surface area (Å²) in [5, 5.41) is 3.28. The van der Waals surface area contributed by atoms with Gasteiger partial charge in [-0.1, -0.05) is 24.3 Å². The Morgan fingerprint density at radius 2 is 1.92 bits per heavy atom. The Bertz CT molecular complexity index is 874. The molecule has 1 unspecified atom stereocenters. The molecule has 0 bridgehead atoms. The molecule has 1 heterocycles. The molecule has 2 aromatic rings. The van der Waals surface area contributed by atoms with Crippen LogP contribution >= 0.6 is 0 Å². The van der Waals surface area contributed by atoms with E-state index in [0.717, 1.165) is 25.1 Å². The Morgan fingerprint density at radius 3 is 2.58 bits per heavy atom. The minimum Gasteiger partial charge on any atom is -0.482 e. The molecule has 1 aliphatic heterocycles. The smallest absolute Gasteiger partial charge is 0.343 e. The Morgan fingerprint density at radius 1 is 1.15 bits per heavy atom. The first-order chi connectivity index (χ1) is 12.5. The molecule has 1 aliphatic rings. The fourth-order valence-electron chi connectivity index (χ4n) is 3.00. The van der Waals surface area contributed by atoms with Crippen molar-refractivity contribution in [1.29, 1.82) is 0 Å². The van der Waals surface area contributed by atoms with Crippen LogP contribution in [0, 0.1) is 0 Å². The van der Waals surface area contributed by atoms with Crippen molar-refractivity contribution in [3.05, 3.63) is 54.1 Å². The average molecular weight is 375 g/mol. The van der Waals surface area contributed by atoms with E-state index in [1.807, 2.05) is 0 Å². The van der Waals surface area contributed by atoms with Gasteiger partial charge in [0, 0.05) is 12.5 Å². The number of rotatable bonds is 6. The highest BCUT2D eigenvalue weighted by molar-refractivity contribution is 7.91. The van der Waals surface area contributed by atoms with Crippen molar-refractivity contribution >= 4 is 15.8 Å². The van der Waals surface area contributed by atoms with Gasteiger partial charge in [-0.05, 0) is 42.8 Å². The van der Waals surface area contributed by atoms with E-state index < -0.39 is 15.8 Å². The summed E-state index contributed by atoms with van der Waals surface area (Å²) in [6.07, 6.45) is 0.930. The molecule has 7 heteroatoms. The quantitative estimate of drug-likeness (QED) is 0.779. The molecule has 1 saturated heterocycles. The van der Waals surface area contributed by atoms with Crippen molar-refractivity contribution in [2.75, 3.05) is 26.8 Å². The van der Waals surface area contributed by atoms with Crippen LogP contribution in [0.3, 0.4) is 0 Å². The Labute approximate surface area is 153 Å². The van der Waals surface area contributed by atoms with Crippen LogP contribution < -0.4 is 10.1 Å². The first kappa shape index (κ1) is 18.4. The summed E-state index contributed by atoms with van der Waals surface area (Å²) in [6, 6.07) is 13.1. The molecule has 0 spiro atoms. The van der Waals surface area contributed by atoms with Crippen LogP contribution in [0.15, 0.2) is 58.3 Å². The summed E-state index contributed by atoms with van der Waals surface area (Å²) in [6.45, 7) is 1.42. The van der Waals surface area contributed by atoms with E-state index in [0.29, 0.717) is 5.75 Å². The fraction of sp³-hybridized carbons (Fsp3) is 0.316. The third kappa shape index (κ3) is 3.89. The molecule has 0 amide bonds. The minimum absolute atomic E-state index is 0.137. The van der Waals surface area contributed by atoms with Gasteiger partial charge in [-0.25, -0.2) is 13.2 Å². The average Bonchev–Trinajstić information content (AvgIpc) is 3.21. The van der Waals surface area contributed by atoms with E-state index in [1.165, 1.54) is 13.2 Å². The number of carbonyl (C=O) groups excluding carboxylic acids is 1. The predicted molar refractivity (Wildman–Crippen MR) is 96.1 cm³/mol. The van der Waals surface area contributed by atoms with Gasteiger partial charge in [-0.15, -0.1) is 0 Å². The van der Waals surface area contributed by atoms with Gasteiger partial charge < -0.3 is 14.8 Å². The van der Waals surface area contributed by atoms with Crippen molar-refractivity contribution in [1.82, 2.24) is 5.32 Å². The molecule has 0 aromatic heterocycles. The van der Waals surface area contributed by atoms with E-state index in [9.17, 15) is 13.2 Å². The van der Waals surface area contributed by atoms with Gasteiger partial charge in [0.2, 0.25) is 9.84 Å². The number of hydrogen-bond acceptors (Lipinski definition) is 6. The zero-order valence-corrected chi connectivity index (χ0v) is 15.3. The molecule has 3 rings (SSSR count). The zero-order chi connectivity index (χ0) is 18.6. The second kappa shape index (κ2) is 7.88. The van der Waals surface area contributed by atoms with Gasteiger partial charge in [0.15, 0.2) is 6.61 Å². The normalized spacial score (nSPS) is 17.0. The molecule has 1 N–H and O–H groups in total. The first-order valence-electron chi connectivity index (χ1n) is 8.37. The number of nitrogens with one attached hydrogen (secondary N) is 1. The minimum atomic E-state index is -3.66. The molecule has 138 valence electrons. The van der Waals surface area contributed by atoms with Crippen LogP contribution in [-0.4, -0.2) is 41.2 Å². The second-order valence-corrected chi connectivity index (χ2v) is 8.02. The van der Waals surface area contributed by atoms with Crippen LogP contribution in [0.2, 0.25) is 0 Å². The fourth-order valence-corrected chi connectivity index (χ4v) is 4.29. The zero-order valence-electron chi connectivity index (χ0n) is 14.5. The third-order valence-corrected chi connectivity index (χ3v) is 6.19. The highest BCUT2D eigenvalue weighted by Gasteiger charge is 2.24. The third-order valence-electron chi connectivity index (χ3n) is 4.42. The number of methoxy groups -OCH3 is 1. The number of carbonyl (C=O) groups is 1. The summed E-state index contributed by atoms with van der Waals surface area (Å²) >= 11 is 0. The lowest BCUT2D eigenvalue weighted by molar-refractivity contribution is -0.142. The van der Waals surface area contributed by atoms with Crippen LogP contribution in [0.4, 0.5) is 0 Å². The molecular weight excluding hydrogens is 354 g/mol. The van der Waals surface area contributed by atoms with E-state index in [-0.39, 0.29) is 22.3 Å². The SMILES string of the molecule is COC(=O)COc1cc(S(=O)(=O)c2ccccc2)ccc1C1CCNC1. The molecule has 1 fully saturated rings. The van der Waals surface area contributed by atoms with E-state index in [1.54, 1.807) is 42.5 Å².